The average Bonchev–Trinajstić information content (AvgIpc) is 3.18. The van der Waals surface area contributed by atoms with Gasteiger partial charge in [0.15, 0.2) is 0 Å². The Morgan fingerprint density at radius 2 is 2.09 bits per heavy atom. The van der Waals surface area contributed by atoms with Gasteiger partial charge in [-0.15, -0.1) is 0 Å². The van der Waals surface area contributed by atoms with E-state index in [0.29, 0.717) is 11.6 Å². The predicted octanol–water partition coefficient (Wildman–Crippen LogP) is 3.53. The Bertz CT molecular complexity index is 764. The van der Waals surface area contributed by atoms with E-state index in [0.717, 1.165) is 61.1 Å². The summed E-state index contributed by atoms with van der Waals surface area (Å²) in [4.78, 5) is 19.4. The molecule has 0 radical (unpaired) electrons. The van der Waals surface area contributed by atoms with Crippen molar-refractivity contribution < 1.29 is 9.32 Å². The van der Waals surface area contributed by atoms with E-state index in [2.05, 4.69) is 30.9 Å². The van der Waals surface area contributed by atoms with E-state index in [4.69, 9.17) is 4.52 Å². The third kappa shape index (κ3) is 2.73. The lowest BCUT2D eigenvalue weighted by Gasteiger charge is -2.31. The molecule has 0 bridgehead atoms. The molecule has 1 aliphatic carbocycles. The monoisotopic (exact) mass is 313 g/mol. The molecule has 1 saturated heterocycles. The summed E-state index contributed by atoms with van der Waals surface area (Å²) in [5, 5.41) is 5.06. The van der Waals surface area contributed by atoms with Crippen LogP contribution in [0.2, 0.25) is 0 Å². The molecule has 2 aromatic rings. The Morgan fingerprint density at radius 1 is 1.35 bits per heavy atom. The molecule has 0 N–H and O–H groups in total. The zero-order valence-corrected chi connectivity index (χ0v) is 14.1. The van der Waals surface area contributed by atoms with Gasteiger partial charge in [0.05, 0.1) is 16.6 Å². The summed E-state index contributed by atoms with van der Waals surface area (Å²) in [6.45, 7) is 8.19. The smallest absolute Gasteiger partial charge is 0.259 e. The molecule has 0 spiro atoms. The predicted molar refractivity (Wildman–Crippen MR) is 87.5 cm³/mol. The molecule has 3 heterocycles. The second-order valence-electron chi connectivity index (χ2n) is 8.06. The Hall–Kier alpha value is -1.91. The van der Waals surface area contributed by atoms with Gasteiger partial charge in [-0.1, -0.05) is 25.9 Å². The van der Waals surface area contributed by atoms with E-state index in [1.165, 1.54) is 0 Å². The minimum atomic E-state index is 0.0794. The Kier molecular flexibility index (Phi) is 3.22. The molecule has 23 heavy (non-hydrogen) atoms. The molecule has 0 unspecified atom stereocenters. The van der Waals surface area contributed by atoms with Crippen LogP contribution in [-0.2, 0) is 6.42 Å². The van der Waals surface area contributed by atoms with Crippen LogP contribution in [0.5, 0.6) is 0 Å². The number of likely N-dealkylation sites (tertiary alicyclic amines) is 1. The largest absolute Gasteiger partial charge is 0.338 e. The highest BCUT2D eigenvalue weighted by atomic mass is 16.5. The molecule has 1 saturated carbocycles. The highest BCUT2D eigenvalue weighted by molar-refractivity contribution is 6.06. The molecule has 2 aliphatic rings. The number of nitrogens with zero attached hydrogens (tertiary/aromatic N) is 3. The van der Waals surface area contributed by atoms with Gasteiger partial charge in [-0.2, -0.15) is 0 Å². The minimum Gasteiger partial charge on any atom is -0.338 e. The number of fused-ring (bicyclic) bond motifs is 1. The van der Waals surface area contributed by atoms with Crippen molar-refractivity contribution in [3.05, 3.63) is 23.0 Å². The molecule has 2 aromatic heterocycles. The van der Waals surface area contributed by atoms with Crippen LogP contribution in [0.4, 0.5) is 0 Å². The lowest BCUT2D eigenvalue weighted by molar-refractivity contribution is 0.0653. The van der Waals surface area contributed by atoms with E-state index in [1.807, 2.05) is 11.0 Å². The summed E-state index contributed by atoms with van der Waals surface area (Å²) < 4.78 is 5.50. The third-order valence-electron chi connectivity index (χ3n) is 4.60. The van der Waals surface area contributed by atoms with Crippen molar-refractivity contribution in [2.24, 2.45) is 5.41 Å². The molecule has 0 atom stereocenters. The normalized spacial score (nSPS) is 18.3. The first-order valence-electron chi connectivity index (χ1n) is 8.51. The lowest BCUT2D eigenvalue weighted by atomic mass is 9.89. The summed E-state index contributed by atoms with van der Waals surface area (Å²) >= 11 is 0. The van der Waals surface area contributed by atoms with Crippen molar-refractivity contribution in [1.82, 2.24) is 15.0 Å². The number of hydrogen-bond acceptors (Lipinski definition) is 4. The topological polar surface area (TPSA) is 59.2 Å². The molecule has 122 valence electrons. The van der Waals surface area contributed by atoms with Crippen LogP contribution >= 0.6 is 0 Å². The minimum absolute atomic E-state index is 0.0794. The van der Waals surface area contributed by atoms with Crippen LogP contribution < -0.4 is 0 Å². The van der Waals surface area contributed by atoms with Crippen LogP contribution in [0.15, 0.2) is 10.6 Å². The van der Waals surface area contributed by atoms with Crippen molar-refractivity contribution in [2.45, 2.75) is 52.4 Å². The van der Waals surface area contributed by atoms with Crippen molar-refractivity contribution in [3.8, 4) is 0 Å². The molecule has 5 nitrogen and oxygen atoms in total. The van der Waals surface area contributed by atoms with E-state index in [-0.39, 0.29) is 11.3 Å². The van der Waals surface area contributed by atoms with Gasteiger partial charge in [-0.25, -0.2) is 4.98 Å². The molecule has 2 fully saturated rings. The first kappa shape index (κ1) is 14.7. The van der Waals surface area contributed by atoms with E-state index < -0.39 is 0 Å². The van der Waals surface area contributed by atoms with Crippen LogP contribution in [0.3, 0.4) is 0 Å². The number of aromatic nitrogens is 2. The Morgan fingerprint density at radius 3 is 2.65 bits per heavy atom. The molecule has 4 rings (SSSR count). The van der Waals surface area contributed by atoms with Gasteiger partial charge in [0.1, 0.15) is 0 Å². The number of amides is 1. The first-order valence-corrected chi connectivity index (χ1v) is 8.51. The zero-order chi connectivity index (χ0) is 16.2. The number of pyridine rings is 1. The fraction of sp³-hybridized carbons (Fsp3) is 0.611. The molecule has 0 aromatic carbocycles. The summed E-state index contributed by atoms with van der Waals surface area (Å²) in [5.41, 5.74) is 3.18. The van der Waals surface area contributed by atoms with E-state index >= 15 is 0 Å². The fourth-order valence-corrected chi connectivity index (χ4v) is 3.10. The molecule has 1 aliphatic heterocycles. The summed E-state index contributed by atoms with van der Waals surface area (Å²) in [6.07, 6.45) is 4.16. The number of rotatable bonds is 3. The standard InChI is InChI=1S/C18H23N3O2/c1-18(2,3)10-14-15-12(17(22)21-7-4-8-21)9-13(11-5-6-11)19-16(15)23-20-14/h9,11H,4-8,10H2,1-3H3. The van der Waals surface area contributed by atoms with Gasteiger partial charge in [-0.3, -0.25) is 4.79 Å². The van der Waals surface area contributed by atoms with Crippen molar-refractivity contribution >= 4 is 17.0 Å². The van der Waals surface area contributed by atoms with Gasteiger partial charge in [0.25, 0.3) is 11.6 Å². The molecular weight excluding hydrogens is 290 g/mol. The SMILES string of the molecule is CC(C)(C)Cc1noc2nc(C3CC3)cc(C(=O)N3CCC3)c12. The van der Waals surface area contributed by atoms with Gasteiger partial charge >= 0.3 is 0 Å². The Labute approximate surface area is 136 Å². The first-order chi connectivity index (χ1) is 10.9. The third-order valence-corrected chi connectivity index (χ3v) is 4.60. The van der Waals surface area contributed by atoms with Crippen LogP contribution in [0, 0.1) is 5.41 Å². The highest BCUT2D eigenvalue weighted by Gasteiger charge is 2.32. The maximum atomic E-state index is 12.9. The average molecular weight is 313 g/mol. The lowest BCUT2D eigenvalue weighted by Crippen LogP contribution is -2.42. The van der Waals surface area contributed by atoms with Gasteiger partial charge < -0.3 is 9.42 Å². The quantitative estimate of drug-likeness (QED) is 0.869. The number of hydrogen-bond donors (Lipinski definition) is 0. The van der Waals surface area contributed by atoms with Gasteiger partial charge in [-0.05, 0) is 37.2 Å². The fourth-order valence-electron chi connectivity index (χ4n) is 3.10. The maximum Gasteiger partial charge on any atom is 0.259 e. The van der Waals surface area contributed by atoms with Crippen LogP contribution in [-0.4, -0.2) is 34.0 Å². The van der Waals surface area contributed by atoms with E-state index in [1.54, 1.807) is 0 Å². The Balaban J connectivity index is 1.84. The van der Waals surface area contributed by atoms with E-state index in [9.17, 15) is 4.79 Å². The van der Waals surface area contributed by atoms with Gasteiger partial charge in [0.2, 0.25) is 0 Å². The zero-order valence-electron chi connectivity index (χ0n) is 14.1. The van der Waals surface area contributed by atoms with Gasteiger partial charge in [0, 0.05) is 24.7 Å². The second kappa shape index (κ2) is 5.05. The molecule has 1 amide bonds. The summed E-state index contributed by atoms with van der Waals surface area (Å²) in [6, 6.07) is 1.99. The molecule has 5 heteroatoms. The second-order valence-corrected chi connectivity index (χ2v) is 8.06. The molecular formula is C18H23N3O2. The van der Waals surface area contributed by atoms with Crippen molar-refractivity contribution in [1.29, 1.82) is 0 Å². The maximum absolute atomic E-state index is 12.9. The van der Waals surface area contributed by atoms with Crippen LogP contribution in [0.25, 0.3) is 11.1 Å². The summed E-state index contributed by atoms with van der Waals surface area (Å²) in [7, 11) is 0. The van der Waals surface area contributed by atoms with Crippen LogP contribution in [0.1, 0.15) is 67.7 Å². The summed E-state index contributed by atoms with van der Waals surface area (Å²) in [5.74, 6) is 0.586. The van der Waals surface area contributed by atoms with Crippen molar-refractivity contribution in [3.63, 3.8) is 0 Å². The highest BCUT2D eigenvalue weighted by Crippen LogP contribution is 2.41. The number of carbonyl (C=O) groups is 1. The van der Waals surface area contributed by atoms with Crippen molar-refractivity contribution in [2.75, 3.05) is 13.1 Å². The number of carbonyl (C=O) groups excluding carboxylic acids is 1.